The van der Waals surface area contributed by atoms with E-state index < -0.39 is 5.69 Å². The molecule has 0 aliphatic heterocycles. The Labute approximate surface area is 132 Å². The van der Waals surface area contributed by atoms with Gasteiger partial charge in [-0.1, -0.05) is 24.9 Å². The summed E-state index contributed by atoms with van der Waals surface area (Å²) in [6.07, 6.45) is 5.00. The van der Waals surface area contributed by atoms with Crippen LogP contribution in [0.5, 0.6) is 0 Å². The van der Waals surface area contributed by atoms with Crippen LogP contribution in [0.1, 0.15) is 57.7 Å². The fourth-order valence-electron chi connectivity index (χ4n) is 3.28. The average Bonchev–Trinajstić information content (AvgIpc) is 3.20. The molecule has 0 saturated heterocycles. The summed E-state index contributed by atoms with van der Waals surface area (Å²) >= 11 is 0. The lowest BCUT2D eigenvalue weighted by Gasteiger charge is -2.08. The maximum atomic E-state index is 12.6. The van der Waals surface area contributed by atoms with E-state index in [1.54, 1.807) is 0 Å². The number of oxime groups is 1. The summed E-state index contributed by atoms with van der Waals surface area (Å²) < 4.78 is 2.36. The van der Waals surface area contributed by atoms with E-state index in [2.05, 4.69) is 15.1 Å². The van der Waals surface area contributed by atoms with Gasteiger partial charge in [-0.2, -0.15) is 0 Å². The first-order valence-corrected chi connectivity index (χ1v) is 8.03. The first-order valence-electron chi connectivity index (χ1n) is 8.03. The quantitative estimate of drug-likeness (QED) is 0.388. The normalized spacial score (nSPS) is 16.5. The number of nitrogens with zero attached hydrogens (tertiary/aromatic N) is 4. The zero-order chi connectivity index (χ0) is 16.6. The predicted molar refractivity (Wildman–Crippen MR) is 86.4 cm³/mol. The van der Waals surface area contributed by atoms with Crippen LogP contribution in [0.2, 0.25) is 0 Å². The van der Waals surface area contributed by atoms with E-state index in [-0.39, 0.29) is 23.0 Å². The molecule has 8 heteroatoms. The summed E-state index contributed by atoms with van der Waals surface area (Å²) in [5.41, 5.74) is -0.359. The van der Waals surface area contributed by atoms with Crippen LogP contribution in [0.4, 0.5) is 0 Å². The molecule has 0 aromatic carbocycles. The molecular formula is C15H21N5O3. The van der Waals surface area contributed by atoms with Gasteiger partial charge in [0, 0.05) is 12.5 Å². The van der Waals surface area contributed by atoms with Crippen LogP contribution in [-0.2, 0) is 6.54 Å². The third-order valence-electron chi connectivity index (χ3n) is 4.45. The molecule has 0 amide bonds. The monoisotopic (exact) mass is 319 g/mol. The number of aromatic amines is 1. The van der Waals surface area contributed by atoms with E-state index in [0.717, 1.165) is 36.1 Å². The van der Waals surface area contributed by atoms with E-state index in [4.69, 9.17) is 5.21 Å². The van der Waals surface area contributed by atoms with Crippen molar-refractivity contribution >= 4 is 17.0 Å². The van der Waals surface area contributed by atoms with Crippen molar-refractivity contribution in [3.8, 4) is 0 Å². The maximum Gasteiger partial charge on any atom is 0.338 e. The van der Waals surface area contributed by atoms with Crippen LogP contribution in [0.25, 0.3) is 11.2 Å². The van der Waals surface area contributed by atoms with Crippen molar-refractivity contribution in [1.29, 1.82) is 0 Å². The molecule has 1 aliphatic carbocycles. The molecule has 0 atom stereocenters. The minimum atomic E-state index is -0.524. The predicted octanol–water partition coefficient (Wildman–Crippen LogP) is 1.61. The Morgan fingerprint density at radius 1 is 1.39 bits per heavy atom. The van der Waals surface area contributed by atoms with Gasteiger partial charge in [-0.15, -0.1) is 0 Å². The fraction of sp³-hybridized carbons (Fsp3) is 0.600. The number of hydrogen-bond donors (Lipinski definition) is 2. The van der Waals surface area contributed by atoms with Gasteiger partial charge in [-0.25, -0.2) is 14.3 Å². The van der Waals surface area contributed by atoms with E-state index in [9.17, 15) is 9.59 Å². The van der Waals surface area contributed by atoms with Crippen LogP contribution in [0, 0.1) is 0 Å². The largest absolute Gasteiger partial charge is 0.409 e. The Morgan fingerprint density at radius 2 is 2.09 bits per heavy atom. The van der Waals surface area contributed by atoms with E-state index in [1.807, 2.05) is 6.92 Å². The standard InChI is InChI=1S/C15H21N5O3/c1-3-8-19-14(21)11-13(20(15(19)22)9(2)18-23)17-12(16-11)10-6-4-5-7-10/h10,23H,3-8H2,1-2H3,(H,16,17)/b18-9+. The van der Waals surface area contributed by atoms with Crippen molar-refractivity contribution in [2.45, 2.75) is 58.4 Å². The average molecular weight is 319 g/mol. The highest BCUT2D eigenvalue weighted by atomic mass is 16.4. The van der Waals surface area contributed by atoms with Gasteiger partial charge in [0.25, 0.3) is 5.56 Å². The van der Waals surface area contributed by atoms with Crippen molar-refractivity contribution in [2.75, 3.05) is 0 Å². The third kappa shape index (κ3) is 2.47. The highest BCUT2D eigenvalue weighted by Crippen LogP contribution is 2.32. The van der Waals surface area contributed by atoms with Gasteiger partial charge >= 0.3 is 5.69 Å². The molecule has 0 bridgehead atoms. The van der Waals surface area contributed by atoms with Crippen LogP contribution in [0.3, 0.4) is 0 Å². The number of H-pyrrole nitrogens is 1. The third-order valence-corrected chi connectivity index (χ3v) is 4.45. The summed E-state index contributed by atoms with van der Waals surface area (Å²) in [6, 6.07) is 0. The number of rotatable bonds is 3. The SMILES string of the molecule is CCCn1c(=O)c2[nH]c(C3CCCC3)nc2n(/C(C)=N/O)c1=O. The summed E-state index contributed by atoms with van der Waals surface area (Å²) in [4.78, 5) is 32.8. The molecule has 23 heavy (non-hydrogen) atoms. The number of nitrogens with one attached hydrogen (secondary N) is 1. The zero-order valence-corrected chi connectivity index (χ0v) is 13.4. The van der Waals surface area contributed by atoms with Crippen molar-refractivity contribution in [3.05, 3.63) is 26.7 Å². The van der Waals surface area contributed by atoms with Crippen molar-refractivity contribution in [1.82, 2.24) is 19.1 Å². The second-order valence-corrected chi connectivity index (χ2v) is 6.02. The Hall–Kier alpha value is -2.38. The van der Waals surface area contributed by atoms with Gasteiger partial charge in [0.2, 0.25) is 0 Å². The molecule has 124 valence electrons. The van der Waals surface area contributed by atoms with Gasteiger partial charge in [0.15, 0.2) is 17.0 Å². The minimum Gasteiger partial charge on any atom is -0.409 e. The minimum absolute atomic E-state index is 0.0920. The molecule has 2 N–H and O–H groups in total. The summed E-state index contributed by atoms with van der Waals surface area (Å²) in [7, 11) is 0. The summed E-state index contributed by atoms with van der Waals surface area (Å²) in [5, 5.41) is 12.2. The lowest BCUT2D eigenvalue weighted by molar-refractivity contribution is 0.316. The van der Waals surface area contributed by atoms with Crippen LogP contribution >= 0.6 is 0 Å². The first-order chi connectivity index (χ1) is 11.1. The number of aromatic nitrogens is 4. The smallest absolute Gasteiger partial charge is 0.338 e. The number of fused-ring (bicyclic) bond motifs is 1. The first kappa shape index (κ1) is 15.5. The van der Waals surface area contributed by atoms with Crippen LogP contribution < -0.4 is 11.2 Å². The molecule has 0 unspecified atom stereocenters. The van der Waals surface area contributed by atoms with Crippen molar-refractivity contribution in [2.24, 2.45) is 5.16 Å². The molecular weight excluding hydrogens is 298 g/mol. The Bertz CT molecular complexity index is 868. The topological polar surface area (TPSA) is 105 Å². The van der Waals surface area contributed by atoms with E-state index in [1.165, 1.54) is 11.5 Å². The molecule has 0 spiro atoms. The number of hydrogen-bond acceptors (Lipinski definition) is 5. The van der Waals surface area contributed by atoms with Gasteiger partial charge in [-0.3, -0.25) is 9.36 Å². The van der Waals surface area contributed by atoms with Crippen LogP contribution in [0.15, 0.2) is 14.7 Å². The van der Waals surface area contributed by atoms with E-state index in [0.29, 0.717) is 18.5 Å². The Morgan fingerprint density at radius 3 is 2.70 bits per heavy atom. The second kappa shape index (κ2) is 6.02. The zero-order valence-electron chi connectivity index (χ0n) is 13.4. The van der Waals surface area contributed by atoms with Gasteiger partial charge in [-0.05, 0) is 26.2 Å². The molecule has 2 aromatic rings. The lowest BCUT2D eigenvalue weighted by Crippen LogP contribution is -2.42. The van der Waals surface area contributed by atoms with Gasteiger partial charge in [0.1, 0.15) is 5.82 Å². The number of imidazole rings is 1. The molecule has 1 fully saturated rings. The highest BCUT2D eigenvalue weighted by Gasteiger charge is 2.24. The summed E-state index contributed by atoms with van der Waals surface area (Å²) in [6.45, 7) is 3.71. The molecule has 1 aliphatic rings. The Balaban J connectivity index is 2.32. The Kier molecular flexibility index (Phi) is 4.06. The van der Waals surface area contributed by atoms with Gasteiger partial charge < -0.3 is 10.2 Å². The highest BCUT2D eigenvalue weighted by molar-refractivity contribution is 5.89. The van der Waals surface area contributed by atoms with Crippen molar-refractivity contribution in [3.63, 3.8) is 0 Å². The van der Waals surface area contributed by atoms with Crippen molar-refractivity contribution < 1.29 is 5.21 Å². The molecule has 1 saturated carbocycles. The lowest BCUT2D eigenvalue weighted by atomic mass is 10.1. The van der Waals surface area contributed by atoms with Gasteiger partial charge in [0.05, 0.1) is 0 Å². The maximum absolute atomic E-state index is 12.6. The molecule has 3 rings (SSSR count). The summed E-state index contributed by atoms with van der Waals surface area (Å²) in [5.74, 6) is 1.12. The molecule has 2 heterocycles. The fourth-order valence-corrected chi connectivity index (χ4v) is 3.28. The molecule has 0 radical (unpaired) electrons. The van der Waals surface area contributed by atoms with E-state index >= 15 is 0 Å². The second-order valence-electron chi connectivity index (χ2n) is 6.02. The van der Waals surface area contributed by atoms with Crippen LogP contribution in [-0.4, -0.2) is 30.1 Å². The molecule has 2 aromatic heterocycles. The molecule has 8 nitrogen and oxygen atoms in total.